The van der Waals surface area contributed by atoms with Crippen molar-refractivity contribution in [2.24, 2.45) is 7.05 Å². The van der Waals surface area contributed by atoms with Gasteiger partial charge in [-0.25, -0.2) is 5.01 Å². The van der Waals surface area contributed by atoms with Gasteiger partial charge in [0.05, 0.1) is 12.7 Å². The van der Waals surface area contributed by atoms with Gasteiger partial charge in [-0.2, -0.15) is 5.10 Å². The zero-order chi connectivity index (χ0) is 26.4. The van der Waals surface area contributed by atoms with E-state index in [0.29, 0.717) is 26.2 Å². The number of hydrogen-bond donors (Lipinski definition) is 2. The predicted molar refractivity (Wildman–Crippen MR) is 145 cm³/mol. The van der Waals surface area contributed by atoms with Gasteiger partial charge in [0.2, 0.25) is 5.91 Å². The lowest BCUT2D eigenvalue weighted by molar-refractivity contribution is -0.151. The molecule has 2 aromatic carbocycles. The summed E-state index contributed by atoms with van der Waals surface area (Å²) >= 11 is 0. The predicted octanol–water partition coefficient (Wildman–Crippen LogP) is 2.63. The fraction of sp³-hybridized carbons (Fsp3) is 0.393. The molecule has 0 unspecified atom stereocenters. The van der Waals surface area contributed by atoms with Crippen LogP contribution in [-0.2, 0) is 29.7 Å². The van der Waals surface area contributed by atoms with Gasteiger partial charge in [0.25, 0.3) is 5.91 Å². The summed E-state index contributed by atoms with van der Waals surface area (Å²) in [6.07, 6.45) is 3.81. The van der Waals surface area contributed by atoms with Crippen molar-refractivity contribution in [1.82, 2.24) is 30.0 Å². The van der Waals surface area contributed by atoms with Crippen LogP contribution >= 0.6 is 0 Å². The summed E-state index contributed by atoms with van der Waals surface area (Å²) in [6.45, 7) is 7.49. The Kier molecular flexibility index (Phi) is 8.58. The number of benzene rings is 2. The zero-order valence-corrected chi connectivity index (χ0v) is 22.2. The number of carbonyl (C=O) groups is 2. The first-order chi connectivity index (χ1) is 17.9. The molecule has 37 heavy (non-hydrogen) atoms. The van der Waals surface area contributed by atoms with E-state index in [9.17, 15) is 9.59 Å². The highest BCUT2D eigenvalue weighted by Gasteiger charge is 2.27. The molecule has 4 rings (SSSR count). The maximum Gasteiger partial charge on any atom is 0.256 e. The maximum absolute atomic E-state index is 13.2. The van der Waals surface area contributed by atoms with Gasteiger partial charge in [0.15, 0.2) is 0 Å². The standard InChI is InChI=1S/C28H37N7O2/c1-5-29-12-13-34(20-28(37)33(4)35-18-23-8-6-7-9-24(23)19-35)27(36)16-30-26-11-10-22(14-21(26)2)25-15-31-32(3)17-25/h6-11,14-15,17,29-30H,5,12-13,16,18-20H2,1-4H3. The van der Waals surface area contributed by atoms with Crippen LogP contribution in [0.3, 0.4) is 0 Å². The summed E-state index contributed by atoms with van der Waals surface area (Å²) in [4.78, 5) is 28.0. The van der Waals surface area contributed by atoms with E-state index in [2.05, 4.69) is 33.9 Å². The number of hydrogen-bond acceptors (Lipinski definition) is 6. The van der Waals surface area contributed by atoms with Crippen molar-refractivity contribution in [1.29, 1.82) is 0 Å². The summed E-state index contributed by atoms with van der Waals surface area (Å²) in [5.74, 6) is -0.213. The number of rotatable bonds is 11. The number of nitrogens with zero attached hydrogens (tertiary/aromatic N) is 5. The number of nitrogens with one attached hydrogen (secondary N) is 2. The van der Waals surface area contributed by atoms with Crippen LogP contribution in [0, 0.1) is 6.92 Å². The van der Waals surface area contributed by atoms with E-state index < -0.39 is 0 Å². The molecule has 9 nitrogen and oxygen atoms in total. The molecule has 0 saturated carbocycles. The molecule has 1 aliphatic rings. The van der Waals surface area contributed by atoms with Gasteiger partial charge in [0.1, 0.15) is 6.54 Å². The van der Waals surface area contributed by atoms with Gasteiger partial charge in [-0.05, 0) is 47.9 Å². The van der Waals surface area contributed by atoms with Crippen LogP contribution in [0.5, 0.6) is 0 Å². The average Bonchev–Trinajstić information content (AvgIpc) is 3.53. The van der Waals surface area contributed by atoms with Crippen molar-refractivity contribution in [3.8, 4) is 11.1 Å². The molecular formula is C28H37N7O2. The highest BCUT2D eigenvalue weighted by atomic mass is 16.2. The van der Waals surface area contributed by atoms with E-state index >= 15 is 0 Å². The second kappa shape index (κ2) is 12.0. The number of amides is 2. The van der Waals surface area contributed by atoms with Gasteiger partial charge < -0.3 is 15.5 Å². The van der Waals surface area contributed by atoms with Crippen LogP contribution in [-0.4, -0.2) is 76.3 Å². The summed E-state index contributed by atoms with van der Waals surface area (Å²) in [7, 11) is 3.68. The van der Waals surface area contributed by atoms with E-state index in [-0.39, 0.29) is 24.9 Å². The van der Waals surface area contributed by atoms with Crippen LogP contribution in [0.15, 0.2) is 54.9 Å². The fourth-order valence-corrected chi connectivity index (χ4v) is 4.53. The van der Waals surface area contributed by atoms with Gasteiger partial charge >= 0.3 is 0 Å². The molecule has 2 heterocycles. The van der Waals surface area contributed by atoms with Gasteiger partial charge in [-0.3, -0.25) is 19.3 Å². The van der Waals surface area contributed by atoms with Crippen molar-refractivity contribution >= 4 is 17.5 Å². The molecule has 0 bridgehead atoms. The summed E-state index contributed by atoms with van der Waals surface area (Å²) in [6, 6.07) is 14.3. The summed E-state index contributed by atoms with van der Waals surface area (Å²) < 4.78 is 1.78. The molecule has 0 fully saturated rings. The second-order valence-electron chi connectivity index (χ2n) is 9.46. The molecule has 1 aliphatic heterocycles. The number of fused-ring (bicyclic) bond motifs is 1. The largest absolute Gasteiger partial charge is 0.376 e. The third kappa shape index (κ3) is 6.55. The third-order valence-electron chi connectivity index (χ3n) is 6.79. The highest BCUT2D eigenvalue weighted by molar-refractivity contribution is 5.87. The van der Waals surface area contributed by atoms with Crippen molar-refractivity contribution in [2.45, 2.75) is 26.9 Å². The Morgan fingerprint density at radius 1 is 1.05 bits per heavy atom. The molecule has 196 valence electrons. The molecule has 0 radical (unpaired) electrons. The SMILES string of the molecule is CCNCCN(CC(=O)N(C)N1Cc2ccccc2C1)C(=O)CNc1ccc(-c2cnn(C)c2)cc1C. The van der Waals surface area contributed by atoms with E-state index in [4.69, 9.17) is 0 Å². The third-order valence-corrected chi connectivity index (χ3v) is 6.79. The van der Waals surface area contributed by atoms with E-state index in [0.717, 1.165) is 28.9 Å². The van der Waals surface area contributed by atoms with Crippen molar-refractivity contribution < 1.29 is 9.59 Å². The Morgan fingerprint density at radius 2 is 1.78 bits per heavy atom. The van der Waals surface area contributed by atoms with Crippen LogP contribution in [0.4, 0.5) is 5.69 Å². The van der Waals surface area contributed by atoms with E-state index in [1.165, 1.54) is 11.1 Å². The topological polar surface area (TPSA) is 85.7 Å². The number of carbonyl (C=O) groups excluding carboxylic acids is 2. The minimum Gasteiger partial charge on any atom is -0.376 e. The molecule has 9 heteroatoms. The molecule has 2 amide bonds. The van der Waals surface area contributed by atoms with Crippen LogP contribution in [0.25, 0.3) is 11.1 Å². The Hall–Kier alpha value is -3.69. The van der Waals surface area contributed by atoms with Gasteiger partial charge in [-0.1, -0.05) is 37.3 Å². The van der Waals surface area contributed by atoms with Gasteiger partial charge in [0, 0.05) is 57.7 Å². The lowest BCUT2D eigenvalue weighted by Crippen LogP contribution is -2.49. The Morgan fingerprint density at radius 3 is 2.41 bits per heavy atom. The highest BCUT2D eigenvalue weighted by Crippen LogP contribution is 2.25. The van der Waals surface area contributed by atoms with Crippen LogP contribution in [0.1, 0.15) is 23.6 Å². The molecular weight excluding hydrogens is 466 g/mol. The number of aryl methyl sites for hydroxylation is 2. The van der Waals surface area contributed by atoms with Crippen LogP contribution < -0.4 is 10.6 Å². The first-order valence-corrected chi connectivity index (χ1v) is 12.8. The van der Waals surface area contributed by atoms with E-state index in [1.807, 2.05) is 62.6 Å². The molecule has 0 spiro atoms. The Bertz CT molecular complexity index is 1210. The molecule has 2 N–H and O–H groups in total. The maximum atomic E-state index is 13.2. The second-order valence-corrected chi connectivity index (χ2v) is 9.46. The first kappa shape index (κ1) is 26.4. The molecule has 3 aromatic rings. The number of aromatic nitrogens is 2. The summed E-state index contributed by atoms with van der Waals surface area (Å²) in [5.41, 5.74) is 6.52. The molecule has 1 aromatic heterocycles. The normalized spacial score (nSPS) is 12.9. The van der Waals surface area contributed by atoms with Gasteiger partial charge in [-0.15, -0.1) is 0 Å². The van der Waals surface area contributed by atoms with E-state index in [1.54, 1.807) is 21.6 Å². The monoisotopic (exact) mass is 503 g/mol. The smallest absolute Gasteiger partial charge is 0.256 e. The number of likely N-dealkylation sites (N-methyl/N-ethyl adjacent to an activating group) is 2. The number of anilines is 1. The first-order valence-electron chi connectivity index (χ1n) is 12.8. The quantitative estimate of drug-likeness (QED) is 0.392. The lowest BCUT2D eigenvalue weighted by atomic mass is 10.1. The summed E-state index contributed by atoms with van der Waals surface area (Å²) in [5, 5.41) is 14.4. The minimum absolute atomic E-state index is 0.0359. The zero-order valence-electron chi connectivity index (χ0n) is 22.2. The fourth-order valence-electron chi connectivity index (χ4n) is 4.53. The minimum atomic E-state index is -0.111. The average molecular weight is 504 g/mol. The van der Waals surface area contributed by atoms with Crippen molar-refractivity contribution in [2.75, 3.05) is 45.1 Å². The van der Waals surface area contributed by atoms with Crippen molar-refractivity contribution in [3.05, 3.63) is 71.5 Å². The number of hydrazine groups is 1. The molecule has 0 atom stereocenters. The Balaban J connectivity index is 1.36. The Labute approximate surface area is 219 Å². The van der Waals surface area contributed by atoms with Crippen LogP contribution in [0.2, 0.25) is 0 Å². The lowest BCUT2D eigenvalue weighted by Gasteiger charge is -2.31. The molecule has 0 saturated heterocycles. The van der Waals surface area contributed by atoms with Crippen molar-refractivity contribution in [3.63, 3.8) is 0 Å². The molecule has 0 aliphatic carbocycles.